The molecule has 7 heteroatoms. The number of amides is 1. The molecule has 2 aromatic rings. The zero-order valence-corrected chi connectivity index (χ0v) is 11.4. The molecule has 0 aliphatic heterocycles. The fourth-order valence-corrected chi connectivity index (χ4v) is 1.66. The number of aromatic nitrogens is 4. The molecule has 2 rings (SSSR count). The number of hydrogen-bond acceptors (Lipinski definition) is 5. The lowest BCUT2D eigenvalue weighted by Gasteiger charge is -2.07. The number of carbonyl (C=O) groups excluding carboxylic acids is 1. The molecule has 0 fully saturated rings. The van der Waals surface area contributed by atoms with E-state index in [9.17, 15) is 4.79 Å². The van der Waals surface area contributed by atoms with E-state index in [1.54, 1.807) is 35.4 Å². The van der Waals surface area contributed by atoms with Crippen LogP contribution in [0.25, 0.3) is 0 Å². The summed E-state index contributed by atoms with van der Waals surface area (Å²) in [6.45, 7) is 4.01. The summed E-state index contributed by atoms with van der Waals surface area (Å²) in [6.07, 6.45) is 6.00. The van der Waals surface area contributed by atoms with Gasteiger partial charge in [-0.2, -0.15) is 0 Å². The van der Waals surface area contributed by atoms with Gasteiger partial charge in [-0.15, -0.1) is 5.10 Å². The number of nitrogens with zero attached hydrogens (tertiary/aromatic N) is 4. The second-order valence-corrected chi connectivity index (χ2v) is 4.28. The Morgan fingerprint density at radius 1 is 1.35 bits per heavy atom. The van der Waals surface area contributed by atoms with Gasteiger partial charge in [0.15, 0.2) is 0 Å². The van der Waals surface area contributed by atoms with Crippen molar-refractivity contribution in [3.05, 3.63) is 36.3 Å². The molecule has 20 heavy (non-hydrogen) atoms. The van der Waals surface area contributed by atoms with Gasteiger partial charge in [-0.25, -0.2) is 4.98 Å². The first-order valence-corrected chi connectivity index (χ1v) is 6.62. The Kier molecular flexibility index (Phi) is 5.05. The Labute approximate surface area is 117 Å². The van der Waals surface area contributed by atoms with Gasteiger partial charge in [0.05, 0.1) is 12.7 Å². The Balaban J connectivity index is 1.85. The van der Waals surface area contributed by atoms with E-state index in [1.807, 2.05) is 0 Å². The van der Waals surface area contributed by atoms with Crippen LogP contribution in [-0.4, -0.2) is 39.0 Å². The van der Waals surface area contributed by atoms with Crippen molar-refractivity contribution < 1.29 is 4.79 Å². The highest BCUT2D eigenvalue weighted by molar-refractivity contribution is 5.94. The van der Waals surface area contributed by atoms with E-state index in [-0.39, 0.29) is 5.91 Å². The highest BCUT2D eigenvalue weighted by Crippen LogP contribution is 2.06. The van der Waals surface area contributed by atoms with Crippen LogP contribution in [0.5, 0.6) is 0 Å². The normalized spacial score (nSPS) is 10.2. The maximum Gasteiger partial charge on any atom is 0.251 e. The lowest BCUT2D eigenvalue weighted by molar-refractivity contribution is 0.0952. The van der Waals surface area contributed by atoms with Gasteiger partial charge in [0.1, 0.15) is 5.82 Å². The van der Waals surface area contributed by atoms with Crippen LogP contribution >= 0.6 is 0 Å². The van der Waals surface area contributed by atoms with Gasteiger partial charge in [-0.1, -0.05) is 12.1 Å². The van der Waals surface area contributed by atoms with Gasteiger partial charge in [0.25, 0.3) is 5.91 Å². The molecule has 0 bridgehead atoms. The van der Waals surface area contributed by atoms with Crippen molar-refractivity contribution in [2.45, 2.75) is 19.9 Å². The Morgan fingerprint density at radius 2 is 2.25 bits per heavy atom. The van der Waals surface area contributed by atoms with Crippen LogP contribution in [0.3, 0.4) is 0 Å². The summed E-state index contributed by atoms with van der Waals surface area (Å²) in [5, 5.41) is 13.5. The molecule has 0 aromatic carbocycles. The third-order valence-electron chi connectivity index (χ3n) is 2.68. The minimum absolute atomic E-state index is 0.118. The number of hydrogen-bond donors (Lipinski definition) is 2. The summed E-state index contributed by atoms with van der Waals surface area (Å²) >= 11 is 0. The van der Waals surface area contributed by atoms with Gasteiger partial charge in [0, 0.05) is 31.0 Å². The van der Waals surface area contributed by atoms with Crippen molar-refractivity contribution in [1.82, 2.24) is 25.3 Å². The van der Waals surface area contributed by atoms with Crippen molar-refractivity contribution >= 4 is 11.7 Å². The Morgan fingerprint density at radius 3 is 3.00 bits per heavy atom. The molecule has 0 saturated heterocycles. The van der Waals surface area contributed by atoms with E-state index >= 15 is 0 Å². The van der Waals surface area contributed by atoms with E-state index < -0.39 is 0 Å². The molecule has 2 heterocycles. The van der Waals surface area contributed by atoms with E-state index in [2.05, 4.69) is 32.9 Å². The largest absolute Gasteiger partial charge is 0.370 e. The molecule has 2 N–H and O–H groups in total. The number of nitrogens with one attached hydrogen (secondary N) is 2. The second kappa shape index (κ2) is 7.22. The van der Waals surface area contributed by atoms with Crippen LogP contribution in [0, 0.1) is 0 Å². The van der Waals surface area contributed by atoms with Crippen molar-refractivity contribution in [1.29, 1.82) is 0 Å². The van der Waals surface area contributed by atoms with Crippen molar-refractivity contribution in [3.63, 3.8) is 0 Å². The zero-order chi connectivity index (χ0) is 14.2. The standard InChI is InChI=1S/C13H18N6O/c1-2-4-14-12-10-11(3-5-15-12)13(20)16-6-8-19-9-7-17-18-19/h3,5,7,9-10H,2,4,6,8H2,1H3,(H,14,15)(H,16,20). The van der Waals surface area contributed by atoms with Crippen molar-refractivity contribution in [3.8, 4) is 0 Å². The quantitative estimate of drug-likeness (QED) is 0.784. The minimum atomic E-state index is -0.118. The van der Waals surface area contributed by atoms with Crippen molar-refractivity contribution in [2.24, 2.45) is 0 Å². The highest BCUT2D eigenvalue weighted by Gasteiger charge is 2.06. The summed E-state index contributed by atoms with van der Waals surface area (Å²) in [7, 11) is 0. The lowest BCUT2D eigenvalue weighted by atomic mass is 10.2. The summed E-state index contributed by atoms with van der Waals surface area (Å²) in [4.78, 5) is 16.2. The third kappa shape index (κ3) is 4.04. The molecule has 0 aliphatic rings. The molecule has 1 amide bonds. The third-order valence-corrected chi connectivity index (χ3v) is 2.68. The molecule has 0 atom stereocenters. The molecule has 7 nitrogen and oxygen atoms in total. The van der Waals surface area contributed by atoms with Crippen LogP contribution < -0.4 is 10.6 Å². The number of carbonyl (C=O) groups is 1. The monoisotopic (exact) mass is 274 g/mol. The lowest BCUT2D eigenvalue weighted by Crippen LogP contribution is -2.27. The van der Waals surface area contributed by atoms with Gasteiger partial charge in [-0.05, 0) is 18.6 Å². The predicted octanol–water partition coefficient (Wildman–Crippen LogP) is 0.925. The van der Waals surface area contributed by atoms with E-state index in [4.69, 9.17) is 0 Å². The number of pyridine rings is 1. The van der Waals surface area contributed by atoms with E-state index in [1.165, 1.54) is 0 Å². The molecular weight excluding hydrogens is 256 g/mol. The van der Waals surface area contributed by atoms with Crippen LogP contribution in [-0.2, 0) is 6.54 Å². The maximum atomic E-state index is 12.0. The summed E-state index contributed by atoms with van der Waals surface area (Å²) in [5.41, 5.74) is 0.595. The number of anilines is 1. The number of rotatable bonds is 7. The summed E-state index contributed by atoms with van der Waals surface area (Å²) < 4.78 is 1.67. The second-order valence-electron chi connectivity index (χ2n) is 4.28. The first-order valence-electron chi connectivity index (χ1n) is 6.62. The van der Waals surface area contributed by atoms with Gasteiger partial charge in [-0.3, -0.25) is 9.48 Å². The first kappa shape index (κ1) is 14.0. The van der Waals surface area contributed by atoms with E-state index in [0.717, 1.165) is 18.8 Å². The summed E-state index contributed by atoms with van der Waals surface area (Å²) in [6, 6.07) is 3.45. The van der Waals surface area contributed by atoms with Gasteiger partial charge in [0.2, 0.25) is 0 Å². The van der Waals surface area contributed by atoms with Crippen LogP contribution in [0.15, 0.2) is 30.7 Å². The molecule has 0 spiro atoms. The molecule has 0 aliphatic carbocycles. The average Bonchev–Trinajstić information content (AvgIpc) is 2.98. The maximum absolute atomic E-state index is 12.0. The van der Waals surface area contributed by atoms with Crippen LogP contribution in [0.4, 0.5) is 5.82 Å². The summed E-state index contributed by atoms with van der Waals surface area (Å²) in [5.74, 6) is 0.600. The zero-order valence-electron chi connectivity index (χ0n) is 11.4. The molecule has 0 saturated carbocycles. The van der Waals surface area contributed by atoms with Gasteiger partial charge < -0.3 is 10.6 Å². The average molecular weight is 274 g/mol. The van der Waals surface area contributed by atoms with Crippen molar-refractivity contribution in [2.75, 3.05) is 18.4 Å². The predicted molar refractivity (Wildman–Crippen MR) is 75.4 cm³/mol. The van der Waals surface area contributed by atoms with Crippen LogP contribution in [0.2, 0.25) is 0 Å². The topological polar surface area (TPSA) is 84.7 Å². The smallest absolute Gasteiger partial charge is 0.251 e. The molecule has 0 unspecified atom stereocenters. The highest BCUT2D eigenvalue weighted by atomic mass is 16.1. The fraction of sp³-hybridized carbons (Fsp3) is 0.385. The van der Waals surface area contributed by atoms with Crippen LogP contribution in [0.1, 0.15) is 23.7 Å². The van der Waals surface area contributed by atoms with Gasteiger partial charge >= 0.3 is 0 Å². The first-order chi connectivity index (χ1) is 9.79. The molecule has 2 aromatic heterocycles. The molecule has 106 valence electrons. The molecule has 0 radical (unpaired) electrons. The fourth-order valence-electron chi connectivity index (χ4n) is 1.66. The molecular formula is C13H18N6O. The minimum Gasteiger partial charge on any atom is -0.370 e. The van der Waals surface area contributed by atoms with E-state index in [0.29, 0.717) is 18.7 Å². The Bertz CT molecular complexity index is 540. The Hall–Kier alpha value is -2.44. The SMILES string of the molecule is CCCNc1cc(C(=O)NCCn2ccnn2)ccn1.